The van der Waals surface area contributed by atoms with Gasteiger partial charge in [0.05, 0.1) is 17.8 Å². The Hall–Kier alpha value is -4.49. The molecule has 1 amide bonds. The highest BCUT2D eigenvalue weighted by Gasteiger charge is 2.41. The summed E-state index contributed by atoms with van der Waals surface area (Å²) in [5, 5.41) is 9.47. The maximum Gasteiger partial charge on any atom is 0.226 e. The molecule has 188 valence electrons. The molecular formula is C31H27N5OS. The molecule has 1 saturated heterocycles. The van der Waals surface area contributed by atoms with Crippen LogP contribution in [0.4, 0.5) is 5.69 Å². The zero-order chi connectivity index (χ0) is 25.9. The molecule has 0 bridgehead atoms. The molecule has 1 fully saturated rings. The Morgan fingerprint density at radius 3 is 2.50 bits per heavy atom. The summed E-state index contributed by atoms with van der Waals surface area (Å²) in [5.41, 5.74) is 3.84. The van der Waals surface area contributed by atoms with E-state index in [1.807, 2.05) is 48.5 Å². The number of nitrogens with one attached hydrogen (secondary N) is 2. The Bertz CT molecular complexity index is 1580. The third kappa shape index (κ3) is 4.76. The first-order valence-electron chi connectivity index (χ1n) is 12.7. The largest absolute Gasteiger partial charge is 0.352 e. The summed E-state index contributed by atoms with van der Waals surface area (Å²) in [6.45, 7) is 0.474. The Kier molecular flexibility index (Phi) is 6.58. The van der Waals surface area contributed by atoms with Gasteiger partial charge in [-0.05, 0) is 71.5 Å². The smallest absolute Gasteiger partial charge is 0.226 e. The van der Waals surface area contributed by atoms with E-state index >= 15 is 0 Å². The fraction of sp³-hybridized carbons (Fsp3) is 0.129. The fourth-order valence-corrected chi connectivity index (χ4v) is 5.46. The highest BCUT2D eigenvalue weighted by Crippen LogP contribution is 2.39. The van der Waals surface area contributed by atoms with Gasteiger partial charge in [-0.1, -0.05) is 54.6 Å². The molecule has 2 aromatic heterocycles. The quantitative estimate of drug-likeness (QED) is 0.258. The van der Waals surface area contributed by atoms with E-state index in [1.165, 1.54) is 10.8 Å². The zero-order valence-electron chi connectivity index (χ0n) is 20.7. The number of hydrogen-bond acceptors (Lipinski definition) is 3. The average molecular weight is 518 g/mol. The van der Waals surface area contributed by atoms with E-state index in [0.29, 0.717) is 18.1 Å². The number of fused-ring (bicyclic) bond motifs is 1. The molecular weight excluding hydrogens is 490 g/mol. The van der Waals surface area contributed by atoms with E-state index in [9.17, 15) is 4.79 Å². The van der Waals surface area contributed by atoms with E-state index in [4.69, 9.17) is 12.2 Å². The first kappa shape index (κ1) is 23.9. The highest BCUT2D eigenvalue weighted by atomic mass is 32.1. The molecule has 0 radical (unpaired) electrons. The number of carbonyl (C=O) groups is 1. The number of pyridine rings is 1. The van der Waals surface area contributed by atoms with Crippen molar-refractivity contribution in [2.24, 2.45) is 0 Å². The van der Waals surface area contributed by atoms with Crippen LogP contribution >= 0.6 is 12.2 Å². The van der Waals surface area contributed by atoms with Crippen molar-refractivity contribution < 1.29 is 4.79 Å². The van der Waals surface area contributed by atoms with Crippen molar-refractivity contribution in [3.05, 3.63) is 127 Å². The molecule has 1 aliphatic rings. The summed E-state index contributed by atoms with van der Waals surface area (Å²) >= 11 is 5.82. The van der Waals surface area contributed by atoms with Crippen LogP contribution in [0.15, 0.2) is 116 Å². The molecule has 6 nitrogen and oxygen atoms in total. The molecule has 0 saturated carbocycles. The minimum atomic E-state index is -0.157. The summed E-state index contributed by atoms with van der Waals surface area (Å²) in [6, 6.07) is 34.1. The standard InChI is InChI=1S/C31H27N5OS/c37-28(33-24-11-2-1-3-12-24)17-20-36-30(29(34-31(36)38)26-13-6-7-18-32-26)27-14-8-19-35(27)25-16-15-22-9-4-5-10-23(22)21-25/h1-16,18-19,21,29-30H,17,20H2,(H,33,37)(H,34,38)/t29-,30+/m1/s1. The van der Waals surface area contributed by atoms with Gasteiger partial charge in [0.25, 0.3) is 0 Å². The third-order valence-electron chi connectivity index (χ3n) is 6.93. The van der Waals surface area contributed by atoms with Crippen molar-refractivity contribution in [3.8, 4) is 5.69 Å². The molecule has 5 aromatic rings. The SMILES string of the molecule is O=C(CCN1C(=S)N[C@H](c2ccccn2)[C@@H]1c1cccn1-c1ccc2ccccc2c1)Nc1ccccc1. The molecule has 38 heavy (non-hydrogen) atoms. The maximum absolute atomic E-state index is 12.8. The van der Waals surface area contributed by atoms with E-state index in [0.717, 1.165) is 22.8 Å². The van der Waals surface area contributed by atoms with Crippen LogP contribution in [-0.2, 0) is 4.79 Å². The first-order chi connectivity index (χ1) is 18.7. The Morgan fingerprint density at radius 2 is 1.68 bits per heavy atom. The molecule has 0 aliphatic carbocycles. The van der Waals surface area contributed by atoms with Gasteiger partial charge in [-0.15, -0.1) is 0 Å². The third-order valence-corrected chi connectivity index (χ3v) is 7.28. The van der Waals surface area contributed by atoms with Gasteiger partial charge in [0.1, 0.15) is 0 Å². The summed E-state index contributed by atoms with van der Waals surface area (Å²) in [7, 11) is 0. The van der Waals surface area contributed by atoms with Gasteiger partial charge in [0.15, 0.2) is 5.11 Å². The Morgan fingerprint density at radius 1 is 0.895 bits per heavy atom. The average Bonchev–Trinajstić information content (AvgIpc) is 3.57. The number of thiocarbonyl (C=S) groups is 1. The minimum absolute atomic E-state index is 0.0519. The predicted molar refractivity (Wildman–Crippen MR) is 155 cm³/mol. The summed E-state index contributed by atoms with van der Waals surface area (Å²) < 4.78 is 2.21. The minimum Gasteiger partial charge on any atom is -0.352 e. The van der Waals surface area contributed by atoms with Crippen molar-refractivity contribution in [3.63, 3.8) is 0 Å². The van der Waals surface area contributed by atoms with Gasteiger partial charge in [-0.3, -0.25) is 9.78 Å². The Balaban J connectivity index is 1.33. The van der Waals surface area contributed by atoms with E-state index in [1.54, 1.807) is 6.20 Å². The van der Waals surface area contributed by atoms with Crippen molar-refractivity contribution >= 4 is 39.7 Å². The highest BCUT2D eigenvalue weighted by molar-refractivity contribution is 7.80. The van der Waals surface area contributed by atoms with E-state index < -0.39 is 0 Å². The monoisotopic (exact) mass is 517 g/mol. The van der Waals surface area contributed by atoms with Gasteiger partial charge >= 0.3 is 0 Å². The lowest BCUT2D eigenvalue weighted by molar-refractivity contribution is -0.116. The number of hydrogen-bond donors (Lipinski definition) is 2. The molecule has 2 N–H and O–H groups in total. The number of carbonyl (C=O) groups excluding carboxylic acids is 1. The molecule has 1 aliphatic heterocycles. The van der Waals surface area contributed by atoms with Gasteiger partial charge in [0, 0.05) is 42.4 Å². The van der Waals surface area contributed by atoms with Crippen LogP contribution in [0.25, 0.3) is 16.5 Å². The molecule has 2 atom stereocenters. The van der Waals surface area contributed by atoms with E-state index in [-0.39, 0.29) is 18.0 Å². The number of para-hydroxylation sites is 1. The van der Waals surface area contributed by atoms with Crippen LogP contribution in [0.1, 0.15) is 29.9 Å². The van der Waals surface area contributed by atoms with Crippen molar-refractivity contribution in [1.29, 1.82) is 0 Å². The normalized spacial score (nSPS) is 16.9. The predicted octanol–water partition coefficient (Wildman–Crippen LogP) is 6.03. The number of amides is 1. The molecule has 3 heterocycles. The number of nitrogens with zero attached hydrogens (tertiary/aromatic N) is 3. The lowest BCUT2D eigenvalue weighted by atomic mass is 10.0. The van der Waals surface area contributed by atoms with Crippen molar-refractivity contribution in [1.82, 2.24) is 19.8 Å². The fourth-order valence-electron chi connectivity index (χ4n) is 5.13. The Labute approximate surface area is 226 Å². The van der Waals surface area contributed by atoms with Crippen LogP contribution in [0.3, 0.4) is 0 Å². The van der Waals surface area contributed by atoms with Crippen molar-refractivity contribution in [2.75, 3.05) is 11.9 Å². The lowest BCUT2D eigenvalue weighted by Gasteiger charge is -2.29. The first-order valence-corrected chi connectivity index (χ1v) is 13.1. The van der Waals surface area contributed by atoms with Gasteiger partial charge in [-0.2, -0.15) is 0 Å². The van der Waals surface area contributed by atoms with Gasteiger partial charge in [-0.25, -0.2) is 0 Å². The zero-order valence-corrected chi connectivity index (χ0v) is 21.5. The van der Waals surface area contributed by atoms with Crippen LogP contribution in [-0.4, -0.2) is 32.0 Å². The number of rotatable bonds is 7. The number of benzene rings is 3. The van der Waals surface area contributed by atoms with Gasteiger partial charge < -0.3 is 20.1 Å². The molecule has 7 heteroatoms. The van der Waals surface area contributed by atoms with Crippen LogP contribution in [0, 0.1) is 0 Å². The lowest BCUT2D eigenvalue weighted by Crippen LogP contribution is -2.33. The van der Waals surface area contributed by atoms with Crippen LogP contribution in [0.5, 0.6) is 0 Å². The van der Waals surface area contributed by atoms with Gasteiger partial charge in [0.2, 0.25) is 5.91 Å². The topological polar surface area (TPSA) is 62.2 Å². The molecule has 0 unspecified atom stereocenters. The maximum atomic E-state index is 12.8. The summed E-state index contributed by atoms with van der Waals surface area (Å²) in [5.74, 6) is -0.0519. The summed E-state index contributed by atoms with van der Waals surface area (Å²) in [4.78, 5) is 19.6. The second kappa shape index (κ2) is 10.5. The van der Waals surface area contributed by atoms with Crippen molar-refractivity contribution in [2.45, 2.75) is 18.5 Å². The van der Waals surface area contributed by atoms with Crippen LogP contribution < -0.4 is 10.6 Å². The number of anilines is 1. The second-order valence-corrected chi connectivity index (χ2v) is 9.71. The summed E-state index contributed by atoms with van der Waals surface area (Å²) in [6.07, 6.45) is 4.19. The number of aromatic nitrogens is 2. The molecule has 6 rings (SSSR count). The molecule has 3 aromatic carbocycles. The van der Waals surface area contributed by atoms with E-state index in [2.05, 4.69) is 85.9 Å². The molecule has 0 spiro atoms. The van der Waals surface area contributed by atoms with Crippen LogP contribution in [0.2, 0.25) is 0 Å². The second-order valence-electron chi connectivity index (χ2n) is 9.32.